The summed E-state index contributed by atoms with van der Waals surface area (Å²) in [5.41, 5.74) is 13.6. The molecule has 2 rings (SSSR count). The summed E-state index contributed by atoms with van der Waals surface area (Å²) in [6.07, 6.45) is 0. The van der Waals surface area contributed by atoms with Crippen molar-refractivity contribution in [1.82, 2.24) is 0 Å². The normalized spacial score (nSPS) is 10.1. The van der Waals surface area contributed by atoms with Gasteiger partial charge < -0.3 is 21.5 Å². The van der Waals surface area contributed by atoms with Crippen LogP contribution < -0.4 is 21.5 Å². The molecular formula is C16H19N3O2. The van der Waals surface area contributed by atoms with Gasteiger partial charge in [-0.2, -0.15) is 0 Å². The van der Waals surface area contributed by atoms with Crippen molar-refractivity contribution in [3.05, 3.63) is 53.6 Å². The van der Waals surface area contributed by atoms with Gasteiger partial charge in [0.05, 0.1) is 5.56 Å². The Bertz CT molecular complexity index is 641. The summed E-state index contributed by atoms with van der Waals surface area (Å²) in [6, 6.07) is 13.0. The maximum Gasteiger partial charge on any atom is 0.250 e. The molecule has 0 aromatic heterocycles. The van der Waals surface area contributed by atoms with E-state index < -0.39 is 5.91 Å². The number of amides is 1. The highest BCUT2D eigenvalue weighted by Crippen LogP contribution is 2.17. The number of nitrogen functional groups attached to an aromatic ring is 1. The Morgan fingerprint density at radius 2 is 2.05 bits per heavy atom. The smallest absolute Gasteiger partial charge is 0.250 e. The van der Waals surface area contributed by atoms with Crippen molar-refractivity contribution in [2.24, 2.45) is 5.73 Å². The Labute approximate surface area is 123 Å². The van der Waals surface area contributed by atoms with Crippen molar-refractivity contribution in [2.75, 3.05) is 24.2 Å². The lowest BCUT2D eigenvalue weighted by Gasteiger charge is -2.10. The molecule has 5 nitrogen and oxygen atoms in total. The first-order chi connectivity index (χ1) is 10.1. The van der Waals surface area contributed by atoms with E-state index in [1.807, 2.05) is 31.2 Å². The molecule has 2 aromatic carbocycles. The van der Waals surface area contributed by atoms with E-state index in [4.69, 9.17) is 16.2 Å². The average molecular weight is 285 g/mol. The predicted molar refractivity (Wildman–Crippen MR) is 84.5 cm³/mol. The molecule has 2 aromatic rings. The van der Waals surface area contributed by atoms with E-state index in [1.54, 1.807) is 18.2 Å². The first-order valence-corrected chi connectivity index (χ1v) is 6.69. The molecule has 5 N–H and O–H groups in total. The van der Waals surface area contributed by atoms with Crippen LogP contribution >= 0.6 is 0 Å². The molecule has 0 aliphatic carbocycles. The first-order valence-electron chi connectivity index (χ1n) is 6.69. The van der Waals surface area contributed by atoms with Crippen molar-refractivity contribution >= 4 is 17.3 Å². The topological polar surface area (TPSA) is 90.4 Å². The van der Waals surface area contributed by atoms with Crippen molar-refractivity contribution < 1.29 is 9.53 Å². The van der Waals surface area contributed by atoms with Crippen molar-refractivity contribution in [3.63, 3.8) is 0 Å². The van der Waals surface area contributed by atoms with Gasteiger partial charge in [-0.1, -0.05) is 12.1 Å². The van der Waals surface area contributed by atoms with Crippen LogP contribution in [-0.2, 0) is 0 Å². The van der Waals surface area contributed by atoms with Crippen LogP contribution in [0.25, 0.3) is 0 Å². The molecule has 5 heteroatoms. The second-order valence-electron chi connectivity index (χ2n) is 4.76. The van der Waals surface area contributed by atoms with E-state index in [9.17, 15) is 4.79 Å². The number of anilines is 2. The van der Waals surface area contributed by atoms with E-state index in [2.05, 4.69) is 5.32 Å². The summed E-state index contributed by atoms with van der Waals surface area (Å²) in [5, 5.41) is 3.16. The third kappa shape index (κ3) is 4.14. The highest BCUT2D eigenvalue weighted by Gasteiger charge is 2.06. The summed E-state index contributed by atoms with van der Waals surface area (Å²) in [6.45, 7) is 3.14. The van der Waals surface area contributed by atoms with E-state index in [0.29, 0.717) is 24.4 Å². The van der Waals surface area contributed by atoms with Crippen molar-refractivity contribution in [1.29, 1.82) is 0 Å². The number of benzene rings is 2. The zero-order valence-corrected chi connectivity index (χ0v) is 11.9. The second kappa shape index (κ2) is 6.65. The van der Waals surface area contributed by atoms with Gasteiger partial charge in [0.25, 0.3) is 5.91 Å². The van der Waals surface area contributed by atoms with Crippen LogP contribution in [0.5, 0.6) is 5.75 Å². The maximum atomic E-state index is 11.2. The van der Waals surface area contributed by atoms with Gasteiger partial charge >= 0.3 is 0 Å². The van der Waals surface area contributed by atoms with Crippen LogP contribution in [0.4, 0.5) is 11.4 Å². The summed E-state index contributed by atoms with van der Waals surface area (Å²) in [5.74, 6) is 0.305. The lowest BCUT2D eigenvalue weighted by molar-refractivity contribution is 0.100. The maximum absolute atomic E-state index is 11.2. The van der Waals surface area contributed by atoms with Gasteiger partial charge in [0, 0.05) is 17.9 Å². The number of primary amides is 1. The third-order valence-corrected chi connectivity index (χ3v) is 3.01. The highest BCUT2D eigenvalue weighted by molar-refractivity contribution is 5.98. The molecule has 110 valence electrons. The Balaban J connectivity index is 1.86. The molecule has 0 fully saturated rings. The highest BCUT2D eigenvalue weighted by atomic mass is 16.5. The molecule has 0 spiro atoms. The molecule has 21 heavy (non-hydrogen) atoms. The second-order valence-corrected chi connectivity index (χ2v) is 4.76. The monoisotopic (exact) mass is 285 g/mol. The van der Waals surface area contributed by atoms with Crippen LogP contribution in [-0.4, -0.2) is 19.1 Å². The third-order valence-electron chi connectivity index (χ3n) is 3.01. The Morgan fingerprint density at radius 1 is 1.24 bits per heavy atom. The first kappa shape index (κ1) is 14.7. The van der Waals surface area contributed by atoms with Gasteiger partial charge in [-0.05, 0) is 42.8 Å². The average Bonchev–Trinajstić information content (AvgIpc) is 2.45. The Morgan fingerprint density at radius 3 is 2.76 bits per heavy atom. The Hall–Kier alpha value is -2.69. The molecule has 0 aliphatic rings. The van der Waals surface area contributed by atoms with Crippen molar-refractivity contribution in [3.8, 4) is 5.75 Å². The minimum atomic E-state index is -0.535. The fourth-order valence-electron chi connectivity index (χ4n) is 1.95. The SMILES string of the molecule is Cc1cccc(OCCNc2ccc(N)c(C(N)=O)c2)c1. The fraction of sp³-hybridized carbons (Fsp3) is 0.188. The predicted octanol–water partition coefficient (Wildman–Crippen LogP) is 2.17. The zero-order chi connectivity index (χ0) is 15.2. The minimum absolute atomic E-state index is 0.319. The quantitative estimate of drug-likeness (QED) is 0.560. The van der Waals surface area contributed by atoms with Crippen LogP contribution in [0.1, 0.15) is 15.9 Å². The number of rotatable bonds is 6. The number of carbonyl (C=O) groups is 1. The molecule has 0 bridgehead atoms. The minimum Gasteiger partial charge on any atom is -0.492 e. The fourth-order valence-corrected chi connectivity index (χ4v) is 1.95. The molecule has 0 saturated heterocycles. The standard InChI is InChI=1S/C16H19N3O2/c1-11-3-2-4-13(9-11)21-8-7-19-12-5-6-15(17)14(10-12)16(18)20/h2-6,9-10,19H,7-8,17H2,1H3,(H2,18,20). The molecule has 1 amide bonds. The molecule has 0 radical (unpaired) electrons. The van der Waals surface area contributed by atoms with Gasteiger partial charge in [-0.25, -0.2) is 0 Å². The molecule has 0 unspecified atom stereocenters. The largest absolute Gasteiger partial charge is 0.492 e. The van der Waals surface area contributed by atoms with Gasteiger partial charge in [0.2, 0.25) is 0 Å². The molecular weight excluding hydrogens is 266 g/mol. The van der Waals surface area contributed by atoms with E-state index >= 15 is 0 Å². The van der Waals surface area contributed by atoms with E-state index in [1.165, 1.54) is 0 Å². The molecule has 0 saturated carbocycles. The van der Waals surface area contributed by atoms with Gasteiger partial charge in [-0.15, -0.1) is 0 Å². The van der Waals surface area contributed by atoms with Crippen LogP contribution in [0, 0.1) is 6.92 Å². The summed E-state index contributed by atoms with van der Waals surface area (Å²) < 4.78 is 5.63. The number of hydrogen-bond donors (Lipinski definition) is 3. The summed E-state index contributed by atoms with van der Waals surface area (Å²) >= 11 is 0. The zero-order valence-electron chi connectivity index (χ0n) is 11.9. The number of carbonyl (C=O) groups excluding carboxylic acids is 1. The number of nitrogens with one attached hydrogen (secondary N) is 1. The van der Waals surface area contributed by atoms with Gasteiger partial charge in [-0.3, -0.25) is 4.79 Å². The molecule has 0 atom stereocenters. The van der Waals surface area contributed by atoms with Gasteiger partial charge in [0.15, 0.2) is 0 Å². The van der Waals surface area contributed by atoms with Crippen molar-refractivity contribution in [2.45, 2.75) is 6.92 Å². The number of aryl methyl sites for hydroxylation is 1. The van der Waals surface area contributed by atoms with Crippen LogP contribution in [0.2, 0.25) is 0 Å². The van der Waals surface area contributed by atoms with E-state index in [0.717, 1.165) is 17.0 Å². The Kier molecular flexibility index (Phi) is 4.66. The van der Waals surface area contributed by atoms with E-state index in [-0.39, 0.29) is 0 Å². The van der Waals surface area contributed by atoms with Gasteiger partial charge in [0.1, 0.15) is 12.4 Å². The molecule has 0 heterocycles. The van der Waals surface area contributed by atoms with Crippen LogP contribution in [0.3, 0.4) is 0 Å². The molecule has 0 aliphatic heterocycles. The lowest BCUT2D eigenvalue weighted by Crippen LogP contribution is -2.15. The summed E-state index contributed by atoms with van der Waals surface area (Å²) in [4.78, 5) is 11.2. The van der Waals surface area contributed by atoms with Crippen LogP contribution in [0.15, 0.2) is 42.5 Å². The lowest BCUT2D eigenvalue weighted by atomic mass is 10.1. The number of hydrogen-bond acceptors (Lipinski definition) is 4. The number of ether oxygens (including phenoxy) is 1. The number of nitrogens with two attached hydrogens (primary N) is 2. The summed E-state index contributed by atoms with van der Waals surface area (Å²) in [7, 11) is 0.